The molecule has 122 valence electrons. The summed E-state index contributed by atoms with van der Waals surface area (Å²) in [7, 11) is 0. The van der Waals surface area contributed by atoms with Crippen molar-refractivity contribution in [2.75, 3.05) is 11.6 Å². The molecule has 6 heteroatoms. The van der Waals surface area contributed by atoms with Crippen LogP contribution in [0.2, 0.25) is 0 Å². The number of rotatable bonds is 6. The standard InChI is InChI=1S/C17H21N3O2S/c1-4-12(10-14(21)19-13-8-6-5-7-9-13)15-11(2)18-17(23-3)20-16(15)22/h5-9,12H,4,10H2,1-3H3,(H,19,21)(H,18,20,22). The highest BCUT2D eigenvalue weighted by Crippen LogP contribution is 2.24. The molecule has 5 nitrogen and oxygen atoms in total. The zero-order valence-electron chi connectivity index (χ0n) is 13.6. The summed E-state index contributed by atoms with van der Waals surface area (Å²) in [5.41, 5.74) is 1.90. The van der Waals surface area contributed by atoms with E-state index >= 15 is 0 Å². The summed E-state index contributed by atoms with van der Waals surface area (Å²) in [4.78, 5) is 31.7. The third-order valence-electron chi connectivity index (χ3n) is 3.71. The zero-order valence-corrected chi connectivity index (χ0v) is 14.4. The van der Waals surface area contributed by atoms with Gasteiger partial charge in [-0.15, -0.1) is 0 Å². The number of nitrogens with one attached hydrogen (secondary N) is 2. The number of anilines is 1. The number of aromatic amines is 1. The van der Waals surface area contributed by atoms with Crippen LogP contribution >= 0.6 is 11.8 Å². The topological polar surface area (TPSA) is 74.8 Å². The van der Waals surface area contributed by atoms with E-state index in [-0.39, 0.29) is 23.8 Å². The first-order chi connectivity index (χ1) is 11.0. The number of aromatic nitrogens is 2. The Bertz CT molecular complexity index is 728. The average Bonchev–Trinajstić information content (AvgIpc) is 2.53. The van der Waals surface area contributed by atoms with Gasteiger partial charge in [-0.05, 0) is 37.7 Å². The van der Waals surface area contributed by atoms with Crippen molar-refractivity contribution in [2.24, 2.45) is 0 Å². The van der Waals surface area contributed by atoms with Crippen LogP contribution in [0.15, 0.2) is 40.3 Å². The molecule has 0 aliphatic carbocycles. The molecule has 1 unspecified atom stereocenters. The summed E-state index contributed by atoms with van der Waals surface area (Å²) in [5, 5.41) is 3.46. The van der Waals surface area contributed by atoms with E-state index in [2.05, 4.69) is 15.3 Å². The van der Waals surface area contributed by atoms with Crippen molar-refractivity contribution in [1.82, 2.24) is 9.97 Å². The van der Waals surface area contributed by atoms with E-state index in [4.69, 9.17) is 0 Å². The number of aryl methyl sites for hydroxylation is 1. The lowest BCUT2D eigenvalue weighted by Crippen LogP contribution is -2.23. The summed E-state index contributed by atoms with van der Waals surface area (Å²) >= 11 is 1.39. The molecule has 0 aliphatic heterocycles. The molecule has 1 atom stereocenters. The molecule has 0 radical (unpaired) electrons. The van der Waals surface area contributed by atoms with Crippen LogP contribution in [0.25, 0.3) is 0 Å². The van der Waals surface area contributed by atoms with E-state index in [9.17, 15) is 9.59 Å². The van der Waals surface area contributed by atoms with Crippen LogP contribution in [-0.4, -0.2) is 22.1 Å². The number of amides is 1. The molecule has 0 fully saturated rings. The minimum absolute atomic E-state index is 0.101. The van der Waals surface area contributed by atoms with Crippen LogP contribution in [-0.2, 0) is 4.79 Å². The largest absolute Gasteiger partial charge is 0.326 e. The molecule has 0 spiro atoms. The predicted molar refractivity (Wildman–Crippen MR) is 94.1 cm³/mol. The first-order valence-electron chi connectivity index (χ1n) is 7.54. The lowest BCUT2D eigenvalue weighted by Gasteiger charge is -2.16. The third-order valence-corrected chi connectivity index (χ3v) is 4.29. The number of thioether (sulfide) groups is 1. The number of nitrogens with zero attached hydrogens (tertiary/aromatic N) is 1. The monoisotopic (exact) mass is 331 g/mol. The predicted octanol–water partition coefficient (Wildman–Crippen LogP) is 3.32. The number of carbonyl (C=O) groups is 1. The molecule has 1 aromatic heterocycles. The normalized spacial score (nSPS) is 12.0. The van der Waals surface area contributed by atoms with Gasteiger partial charge in [-0.3, -0.25) is 9.59 Å². The van der Waals surface area contributed by atoms with Gasteiger partial charge in [-0.1, -0.05) is 36.9 Å². The van der Waals surface area contributed by atoms with Crippen molar-refractivity contribution in [3.05, 3.63) is 51.9 Å². The second kappa shape index (κ2) is 7.97. The number of H-pyrrole nitrogens is 1. The average molecular weight is 331 g/mol. The van der Waals surface area contributed by atoms with Crippen molar-refractivity contribution in [2.45, 2.75) is 37.8 Å². The number of benzene rings is 1. The van der Waals surface area contributed by atoms with Crippen LogP contribution in [0, 0.1) is 6.92 Å². The zero-order chi connectivity index (χ0) is 16.8. The van der Waals surface area contributed by atoms with Gasteiger partial charge in [0.15, 0.2) is 5.16 Å². The summed E-state index contributed by atoms with van der Waals surface area (Å²) in [6.45, 7) is 3.80. The molecule has 0 bridgehead atoms. The quantitative estimate of drug-likeness (QED) is 0.629. The Morgan fingerprint density at radius 1 is 1.35 bits per heavy atom. The maximum atomic E-state index is 12.3. The Morgan fingerprint density at radius 3 is 2.61 bits per heavy atom. The number of para-hydroxylation sites is 1. The van der Waals surface area contributed by atoms with Crippen LogP contribution in [0.3, 0.4) is 0 Å². The second-order valence-corrected chi connectivity index (χ2v) is 6.09. The molecule has 0 saturated heterocycles. The molecule has 1 amide bonds. The van der Waals surface area contributed by atoms with Gasteiger partial charge in [0.05, 0.1) is 0 Å². The Hall–Kier alpha value is -2.08. The first-order valence-corrected chi connectivity index (χ1v) is 8.77. The fourth-order valence-corrected chi connectivity index (χ4v) is 2.98. The van der Waals surface area contributed by atoms with E-state index in [0.29, 0.717) is 22.8 Å². The lowest BCUT2D eigenvalue weighted by atomic mass is 9.92. The van der Waals surface area contributed by atoms with Gasteiger partial charge in [-0.2, -0.15) is 0 Å². The van der Waals surface area contributed by atoms with Crippen LogP contribution in [0.5, 0.6) is 0 Å². The minimum Gasteiger partial charge on any atom is -0.326 e. The van der Waals surface area contributed by atoms with Crippen molar-refractivity contribution in [3.8, 4) is 0 Å². The maximum Gasteiger partial charge on any atom is 0.255 e. The highest BCUT2D eigenvalue weighted by molar-refractivity contribution is 7.98. The summed E-state index contributed by atoms with van der Waals surface area (Å²) in [6, 6.07) is 9.31. The Kier molecular flexibility index (Phi) is 5.98. The molecule has 0 aliphatic rings. The third kappa shape index (κ3) is 4.45. The molecule has 0 saturated carbocycles. The van der Waals surface area contributed by atoms with Gasteiger partial charge in [0.25, 0.3) is 5.56 Å². The maximum absolute atomic E-state index is 12.3. The van der Waals surface area contributed by atoms with Gasteiger partial charge in [-0.25, -0.2) is 4.98 Å². The van der Waals surface area contributed by atoms with Crippen molar-refractivity contribution in [3.63, 3.8) is 0 Å². The number of hydrogen-bond acceptors (Lipinski definition) is 4. The Morgan fingerprint density at radius 2 is 2.04 bits per heavy atom. The molecule has 23 heavy (non-hydrogen) atoms. The molecule has 1 aromatic carbocycles. The van der Waals surface area contributed by atoms with Crippen molar-refractivity contribution >= 4 is 23.4 Å². The van der Waals surface area contributed by atoms with Crippen LogP contribution < -0.4 is 10.9 Å². The van der Waals surface area contributed by atoms with Gasteiger partial charge < -0.3 is 10.3 Å². The Balaban J connectivity index is 2.17. The van der Waals surface area contributed by atoms with E-state index in [1.807, 2.05) is 50.4 Å². The Labute approximate surface area is 139 Å². The van der Waals surface area contributed by atoms with E-state index in [0.717, 1.165) is 5.69 Å². The highest BCUT2D eigenvalue weighted by atomic mass is 32.2. The van der Waals surface area contributed by atoms with Gasteiger partial charge in [0, 0.05) is 23.4 Å². The van der Waals surface area contributed by atoms with Crippen molar-refractivity contribution in [1.29, 1.82) is 0 Å². The smallest absolute Gasteiger partial charge is 0.255 e. The van der Waals surface area contributed by atoms with Crippen LogP contribution in [0.1, 0.15) is 36.9 Å². The molecule has 2 aromatic rings. The van der Waals surface area contributed by atoms with Gasteiger partial charge >= 0.3 is 0 Å². The van der Waals surface area contributed by atoms with E-state index < -0.39 is 0 Å². The lowest BCUT2D eigenvalue weighted by molar-refractivity contribution is -0.116. The van der Waals surface area contributed by atoms with E-state index in [1.54, 1.807) is 0 Å². The summed E-state index contributed by atoms with van der Waals surface area (Å²) in [6.07, 6.45) is 2.82. The molecular formula is C17H21N3O2S. The number of carbonyl (C=O) groups excluding carboxylic acids is 1. The molecular weight excluding hydrogens is 310 g/mol. The van der Waals surface area contributed by atoms with E-state index in [1.165, 1.54) is 11.8 Å². The highest BCUT2D eigenvalue weighted by Gasteiger charge is 2.21. The SMILES string of the molecule is CCC(CC(=O)Nc1ccccc1)c1c(C)nc(SC)[nH]c1=O. The fourth-order valence-electron chi connectivity index (χ4n) is 2.55. The molecule has 2 rings (SSSR count). The van der Waals surface area contributed by atoms with Crippen molar-refractivity contribution < 1.29 is 4.79 Å². The van der Waals surface area contributed by atoms with Gasteiger partial charge in [0.2, 0.25) is 5.91 Å². The molecule has 1 heterocycles. The summed E-state index contributed by atoms with van der Waals surface area (Å²) in [5.74, 6) is -0.248. The number of hydrogen-bond donors (Lipinski definition) is 2. The van der Waals surface area contributed by atoms with Gasteiger partial charge in [0.1, 0.15) is 0 Å². The minimum atomic E-state index is -0.152. The summed E-state index contributed by atoms with van der Waals surface area (Å²) < 4.78 is 0. The second-order valence-electron chi connectivity index (χ2n) is 5.30. The molecule has 2 N–H and O–H groups in total. The van der Waals surface area contributed by atoms with Crippen LogP contribution in [0.4, 0.5) is 5.69 Å². The fraction of sp³-hybridized carbons (Fsp3) is 0.353. The first kappa shape index (κ1) is 17.3.